The van der Waals surface area contributed by atoms with Gasteiger partial charge in [-0.05, 0) is 61.1 Å². The molecule has 0 amide bonds. The van der Waals surface area contributed by atoms with Gasteiger partial charge in [-0.2, -0.15) is 0 Å². The van der Waals surface area contributed by atoms with E-state index in [0.29, 0.717) is 5.92 Å². The number of benzene rings is 1. The predicted molar refractivity (Wildman–Crippen MR) is 111 cm³/mol. The number of anilines is 1. The monoisotopic (exact) mass is 377 g/mol. The molecular weight excluding hydrogens is 350 g/mol. The highest BCUT2D eigenvalue weighted by Gasteiger charge is 2.24. The Labute approximate surface area is 165 Å². The average molecular weight is 377 g/mol. The Balaban J connectivity index is 1.21. The van der Waals surface area contributed by atoms with Crippen LogP contribution in [0.25, 0.3) is 10.9 Å². The van der Waals surface area contributed by atoms with Crippen LogP contribution in [0.4, 0.5) is 5.82 Å². The number of hydrogen-bond donors (Lipinski definition) is 1. The van der Waals surface area contributed by atoms with Crippen molar-refractivity contribution in [3.05, 3.63) is 54.1 Å². The molecule has 0 atom stereocenters. The minimum atomic E-state index is 0.462. The Morgan fingerprint density at radius 1 is 1.04 bits per heavy atom. The fraction of sp³-hybridized carbons (Fsp3) is 0.455. The molecule has 0 bridgehead atoms. The van der Waals surface area contributed by atoms with Crippen molar-refractivity contribution in [1.82, 2.24) is 19.9 Å². The van der Waals surface area contributed by atoms with Crippen LogP contribution in [0.5, 0.6) is 0 Å². The number of rotatable bonds is 4. The highest BCUT2D eigenvalue weighted by molar-refractivity contribution is 5.79. The maximum absolute atomic E-state index is 5.46. The van der Waals surface area contributed by atoms with Crippen LogP contribution in [-0.2, 0) is 11.3 Å². The highest BCUT2D eigenvalue weighted by atomic mass is 16.5. The van der Waals surface area contributed by atoms with E-state index in [4.69, 9.17) is 9.72 Å². The van der Waals surface area contributed by atoms with Gasteiger partial charge in [-0.1, -0.05) is 6.07 Å². The van der Waals surface area contributed by atoms with Crippen molar-refractivity contribution in [3.63, 3.8) is 0 Å². The molecule has 6 heteroatoms. The Morgan fingerprint density at radius 2 is 1.89 bits per heavy atom. The van der Waals surface area contributed by atoms with Crippen LogP contribution < -0.4 is 4.90 Å². The van der Waals surface area contributed by atoms with E-state index in [1.807, 2.05) is 18.5 Å². The Hall–Kier alpha value is -2.44. The van der Waals surface area contributed by atoms with Gasteiger partial charge >= 0.3 is 0 Å². The maximum Gasteiger partial charge on any atom is 0.133 e. The van der Waals surface area contributed by atoms with Gasteiger partial charge in [0.05, 0.1) is 13.2 Å². The third-order valence-electron chi connectivity index (χ3n) is 5.97. The molecule has 2 aliphatic heterocycles. The summed E-state index contributed by atoms with van der Waals surface area (Å²) in [6.45, 7) is 6.61. The van der Waals surface area contributed by atoms with Crippen LogP contribution in [0, 0.1) is 0 Å². The lowest BCUT2D eigenvalue weighted by Gasteiger charge is -2.32. The van der Waals surface area contributed by atoms with Crippen molar-refractivity contribution < 1.29 is 4.74 Å². The van der Waals surface area contributed by atoms with Crippen LogP contribution in [0.2, 0.25) is 0 Å². The quantitative estimate of drug-likeness (QED) is 0.757. The first kappa shape index (κ1) is 17.6. The third-order valence-corrected chi connectivity index (χ3v) is 5.97. The number of fused-ring (bicyclic) bond motifs is 1. The number of aromatic nitrogens is 3. The number of nitrogens with one attached hydrogen (secondary N) is 1. The molecule has 4 heterocycles. The SMILES string of the molecule is c1cc(N2CCOCC2)nc(C2CCN(Cc3ccc4[nH]ccc4c3)CC2)n1. The summed E-state index contributed by atoms with van der Waals surface area (Å²) in [5.74, 6) is 2.53. The van der Waals surface area contributed by atoms with Gasteiger partial charge in [-0.15, -0.1) is 0 Å². The van der Waals surface area contributed by atoms with Crippen LogP contribution in [-0.4, -0.2) is 59.2 Å². The smallest absolute Gasteiger partial charge is 0.133 e. The average Bonchev–Trinajstić information content (AvgIpc) is 3.23. The fourth-order valence-corrected chi connectivity index (χ4v) is 4.34. The molecule has 1 aromatic carbocycles. The number of likely N-dealkylation sites (tertiary alicyclic amines) is 1. The molecule has 0 radical (unpaired) electrons. The van der Waals surface area contributed by atoms with E-state index in [9.17, 15) is 0 Å². The first-order valence-electron chi connectivity index (χ1n) is 10.3. The molecule has 2 aromatic heterocycles. The minimum Gasteiger partial charge on any atom is -0.378 e. The van der Waals surface area contributed by atoms with E-state index in [1.54, 1.807) is 0 Å². The predicted octanol–water partition coefficient (Wildman–Crippen LogP) is 3.17. The molecule has 2 fully saturated rings. The number of morpholine rings is 1. The van der Waals surface area contributed by atoms with Gasteiger partial charge < -0.3 is 14.6 Å². The second-order valence-corrected chi connectivity index (χ2v) is 7.82. The van der Waals surface area contributed by atoms with Crippen molar-refractivity contribution in [1.29, 1.82) is 0 Å². The summed E-state index contributed by atoms with van der Waals surface area (Å²) >= 11 is 0. The number of piperidine rings is 1. The van der Waals surface area contributed by atoms with Crippen LogP contribution in [0.1, 0.15) is 30.1 Å². The molecule has 2 aliphatic rings. The highest BCUT2D eigenvalue weighted by Crippen LogP contribution is 2.28. The molecule has 0 saturated carbocycles. The van der Waals surface area contributed by atoms with Crippen molar-refractivity contribution in [3.8, 4) is 0 Å². The Bertz CT molecular complexity index is 925. The number of ether oxygens (including phenoxy) is 1. The zero-order valence-corrected chi connectivity index (χ0v) is 16.2. The summed E-state index contributed by atoms with van der Waals surface area (Å²) in [5, 5.41) is 1.29. The zero-order valence-electron chi connectivity index (χ0n) is 16.2. The molecule has 3 aromatic rings. The molecule has 0 aliphatic carbocycles. The van der Waals surface area contributed by atoms with Crippen molar-refractivity contribution in [2.24, 2.45) is 0 Å². The summed E-state index contributed by atoms with van der Waals surface area (Å²) < 4.78 is 5.46. The standard InChI is InChI=1S/C22H27N5O/c1-2-20-19(3-7-23-20)15-17(1)16-26-9-5-18(6-10-26)22-24-8-4-21(25-22)27-11-13-28-14-12-27/h1-4,7-8,15,18,23H,5-6,9-14,16H2. The van der Waals surface area contributed by atoms with Crippen molar-refractivity contribution in [2.45, 2.75) is 25.3 Å². The molecule has 2 saturated heterocycles. The van der Waals surface area contributed by atoms with E-state index >= 15 is 0 Å². The molecule has 0 unspecified atom stereocenters. The number of nitrogens with zero attached hydrogens (tertiary/aromatic N) is 4. The Morgan fingerprint density at radius 3 is 2.75 bits per heavy atom. The summed E-state index contributed by atoms with van der Waals surface area (Å²) in [6.07, 6.45) is 6.18. The summed E-state index contributed by atoms with van der Waals surface area (Å²) in [5.41, 5.74) is 2.59. The summed E-state index contributed by atoms with van der Waals surface area (Å²) in [4.78, 5) is 17.6. The van der Waals surface area contributed by atoms with Crippen molar-refractivity contribution >= 4 is 16.7 Å². The Kier molecular flexibility index (Phi) is 4.97. The van der Waals surface area contributed by atoms with Crippen molar-refractivity contribution in [2.75, 3.05) is 44.3 Å². The second kappa shape index (κ2) is 7.89. The number of H-pyrrole nitrogens is 1. The molecule has 5 rings (SSSR count). The van der Waals surface area contributed by atoms with Gasteiger partial charge in [0.15, 0.2) is 0 Å². The van der Waals surface area contributed by atoms with E-state index in [2.05, 4.69) is 44.0 Å². The first-order chi connectivity index (χ1) is 13.8. The number of aromatic amines is 1. The van der Waals surface area contributed by atoms with Gasteiger partial charge in [-0.25, -0.2) is 9.97 Å². The first-order valence-corrected chi connectivity index (χ1v) is 10.3. The van der Waals surface area contributed by atoms with Crippen LogP contribution >= 0.6 is 0 Å². The zero-order chi connectivity index (χ0) is 18.8. The molecule has 6 nitrogen and oxygen atoms in total. The molecule has 1 N–H and O–H groups in total. The normalized spacial score (nSPS) is 19.4. The fourth-order valence-electron chi connectivity index (χ4n) is 4.34. The lowest BCUT2D eigenvalue weighted by atomic mass is 9.95. The number of hydrogen-bond acceptors (Lipinski definition) is 5. The van der Waals surface area contributed by atoms with Gasteiger partial charge in [0.25, 0.3) is 0 Å². The molecule has 0 spiro atoms. The van der Waals surface area contributed by atoms with E-state index in [-0.39, 0.29) is 0 Å². The van der Waals surface area contributed by atoms with E-state index < -0.39 is 0 Å². The minimum absolute atomic E-state index is 0.462. The summed E-state index contributed by atoms with van der Waals surface area (Å²) in [7, 11) is 0. The van der Waals surface area contributed by atoms with Gasteiger partial charge in [0, 0.05) is 43.5 Å². The molecular formula is C22H27N5O. The topological polar surface area (TPSA) is 57.3 Å². The summed E-state index contributed by atoms with van der Waals surface area (Å²) in [6, 6.07) is 10.9. The largest absolute Gasteiger partial charge is 0.378 e. The lowest BCUT2D eigenvalue weighted by Crippen LogP contribution is -2.37. The third kappa shape index (κ3) is 3.75. The van der Waals surface area contributed by atoms with Crippen LogP contribution in [0.15, 0.2) is 42.7 Å². The maximum atomic E-state index is 5.46. The van der Waals surface area contributed by atoms with Gasteiger partial charge in [0.1, 0.15) is 11.6 Å². The van der Waals surface area contributed by atoms with E-state index in [0.717, 1.165) is 70.4 Å². The second-order valence-electron chi connectivity index (χ2n) is 7.82. The molecule has 146 valence electrons. The van der Waals surface area contributed by atoms with Gasteiger partial charge in [-0.3, -0.25) is 4.90 Å². The lowest BCUT2D eigenvalue weighted by molar-refractivity contribution is 0.122. The van der Waals surface area contributed by atoms with Crippen LogP contribution in [0.3, 0.4) is 0 Å². The van der Waals surface area contributed by atoms with E-state index in [1.165, 1.54) is 16.5 Å². The molecule has 28 heavy (non-hydrogen) atoms. The van der Waals surface area contributed by atoms with Gasteiger partial charge in [0.2, 0.25) is 0 Å².